The van der Waals surface area contributed by atoms with E-state index >= 15 is 0 Å². The lowest BCUT2D eigenvalue weighted by molar-refractivity contribution is -0.0209. The summed E-state index contributed by atoms with van der Waals surface area (Å²) in [5.74, 6) is 0.449. The second-order valence-corrected chi connectivity index (χ2v) is 3.36. The molecule has 0 aliphatic carbocycles. The lowest BCUT2D eigenvalue weighted by Gasteiger charge is -2.17. The minimum atomic E-state index is -1.01. The molecule has 0 amide bonds. The minimum Gasteiger partial charge on any atom is -0.461 e. The summed E-state index contributed by atoms with van der Waals surface area (Å²) in [6.45, 7) is 2.89. The number of hydrogen-bond acceptors (Lipinski definition) is 6. The molecule has 0 radical (unpaired) electrons. The third kappa shape index (κ3) is 3.18. The van der Waals surface area contributed by atoms with Gasteiger partial charge in [0.15, 0.2) is 24.1 Å². The smallest absolute Gasteiger partial charge is 0.194 e. The van der Waals surface area contributed by atoms with E-state index in [1.807, 2.05) is 0 Å². The van der Waals surface area contributed by atoms with Crippen LogP contribution in [0, 0.1) is 0 Å². The molecule has 0 aromatic heterocycles. The van der Waals surface area contributed by atoms with E-state index < -0.39 is 12.6 Å². The average molecular weight is 228 g/mol. The average Bonchev–Trinajstić information content (AvgIpc) is 2.11. The number of nitrogens with two attached hydrogens (primary N) is 2. The lowest BCUT2D eigenvalue weighted by Crippen LogP contribution is -2.15. The first-order valence-electron chi connectivity index (χ1n) is 4.78. The number of benzene rings is 1. The Kier molecular flexibility index (Phi) is 3.81. The molecule has 6 N–H and O–H groups in total. The molecule has 1 rings (SSSR count). The van der Waals surface area contributed by atoms with Crippen molar-refractivity contribution in [2.75, 3.05) is 11.5 Å². The summed E-state index contributed by atoms with van der Waals surface area (Å²) in [6, 6.07) is 2.86. The van der Waals surface area contributed by atoms with E-state index in [4.69, 9.17) is 31.2 Å². The predicted octanol–water partition coefficient (Wildman–Crippen LogP) is 0.285. The Labute approximate surface area is 93.4 Å². The van der Waals surface area contributed by atoms with E-state index in [1.165, 1.54) is 26.0 Å². The summed E-state index contributed by atoms with van der Waals surface area (Å²) in [5.41, 5.74) is 11.8. The van der Waals surface area contributed by atoms with Crippen molar-refractivity contribution in [1.29, 1.82) is 0 Å². The van der Waals surface area contributed by atoms with Crippen LogP contribution in [0.5, 0.6) is 11.5 Å². The van der Waals surface area contributed by atoms with Crippen LogP contribution in [0.4, 0.5) is 11.4 Å². The Bertz CT molecular complexity index is 331. The third-order valence-electron chi connectivity index (χ3n) is 1.74. The summed E-state index contributed by atoms with van der Waals surface area (Å²) in [5, 5.41) is 18.2. The zero-order valence-corrected chi connectivity index (χ0v) is 9.18. The summed E-state index contributed by atoms with van der Waals surface area (Å²) in [4.78, 5) is 0. The highest BCUT2D eigenvalue weighted by Gasteiger charge is 2.12. The Hall–Kier alpha value is -1.66. The predicted molar refractivity (Wildman–Crippen MR) is 59.9 cm³/mol. The molecule has 2 atom stereocenters. The van der Waals surface area contributed by atoms with Gasteiger partial charge in [0.05, 0.1) is 11.4 Å². The number of rotatable bonds is 4. The molecular formula is C10H16N2O4. The van der Waals surface area contributed by atoms with Crippen LogP contribution in [0.3, 0.4) is 0 Å². The molecule has 1 aromatic carbocycles. The highest BCUT2D eigenvalue weighted by molar-refractivity contribution is 5.69. The van der Waals surface area contributed by atoms with E-state index in [-0.39, 0.29) is 11.5 Å². The van der Waals surface area contributed by atoms with Crippen molar-refractivity contribution < 1.29 is 19.7 Å². The van der Waals surface area contributed by atoms with Gasteiger partial charge in [0.2, 0.25) is 0 Å². The maximum Gasteiger partial charge on any atom is 0.194 e. The SMILES string of the molecule is CC(O)Oc1cc(N)c(N)cc1OC(C)O. The molecule has 16 heavy (non-hydrogen) atoms. The Morgan fingerprint density at radius 2 is 1.25 bits per heavy atom. The summed E-state index contributed by atoms with van der Waals surface area (Å²) < 4.78 is 10.1. The third-order valence-corrected chi connectivity index (χ3v) is 1.74. The Balaban J connectivity index is 3.06. The van der Waals surface area contributed by atoms with Crippen LogP contribution in [0.1, 0.15) is 13.8 Å². The summed E-state index contributed by atoms with van der Waals surface area (Å²) in [6.07, 6.45) is -2.03. The quantitative estimate of drug-likeness (QED) is 0.435. The fraction of sp³-hybridized carbons (Fsp3) is 0.400. The van der Waals surface area contributed by atoms with Gasteiger partial charge in [0.25, 0.3) is 0 Å². The summed E-state index contributed by atoms with van der Waals surface area (Å²) in [7, 11) is 0. The zero-order valence-electron chi connectivity index (χ0n) is 9.18. The van der Waals surface area contributed by atoms with E-state index in [0.29, 0.717) is 11.4 Å². The summed E-state index contributed by atoms with van der Waals surface area (Å²) >= 11 is 0. The second-order valence-electron chi connectivity index (χ2n) is 3.36. The number of anilines is 2. The van der Waals surface area contributed by atoms with Gasteiger partial charge in [-0.15, -0.1) is 0 Å². The van der Waals surface area contributed by atoms with Crippen molar-refractivity contribution in [2.24, 2.45) is 0 Å². The van der Waals surface area contributed by atoms with Crippen molar-refractivity contribution in [3.8, 4) is 11.5 Å². The fourth-order valence-electron chi connectivity index (χ4n) is 1.14. The van der Waals surface area contributed by atoms with Gasteiger partial charge in [0.1, 0.15) is 0 Å². The topological polar surface area (TPSA) is 111 Å². The number of nitrogen functional groups attached to an aromatic ring is 2. The number of aliphatic hydroxyl groups is 2. The van der Waals surface area contributed by atoms with Gasteiger partial charge in [-0.3, -0.25) is 0 Å². The first kappa shape index (κ1) is 12.4. The Morgan fingerprint density at radius 1 is 0.938 bits per heavy atom. The van der Waals surface area contributed by atoms with Crippen LogP contribution in [-0.4, -0.2) is 22.8 Å². The molecule has 0 aliphatic rings. The molecule has 0 aliphatic heterocycles. The number of hydrogen-bond donors (Lipinski definition) is 4. The van der Waals surface area contributed by atoms with Crippen LogP contribution >= 0.6 is 0 Å². The van der Waals surface area contributed by atoms with Crippen LogP contribution in [0.15, 0.2) is 12.1 Å². The molecule has 6 heteroatoms. The van der Waals surface area contributed by atoms with Crippen molar-refractivity contribution in [3.05, 3.63) is 12.1 Å². The highest BCUT2D eigenvalue weighted by atomic mass is 16.6. The molecule has 0 saturated carbocycles. The molecule has 0 fully saturated rings. The molecule has 0 spiro atoms. The van der Waals surface area contributed by atoms with E-state index in [9.17, 15) is 0 Å². The van der Waals surface area contributed by atoms with Crippen molar-refractivity contribution in [3.63, 3.8) is 0 Å². The van der Waals surface area contributed by atoms with Crippen LogP contribution < -0.4 is 20.9 Å². The number of ether oxygens (including phenoxy) is 2. The standard InChI is InChI=1S/C10H16N2O4/c1-5(13)15-9-3-7(11)8(12)4-10(9)16-6(2)14/h3-6,13-14H,11-12H2,1-2H3. The van der Waals surface area contributed by atoms with Crippen LogP contribution in [-0.2, 0) is 0 Å². The lowest BCUT2D eigenvalue weighted by atomic mass is 10.2. The fourth-order valence-corrected chi connectivity index (χ4v) is 1.14. The molecular weight excluding hydrogens is 212 g/mol. The zero-order chi connectivity index (χ0) is 12.3. The van der Waals surface area contributed by atoms with Crippen molar-refractivity contribution >= 4 is 11.4 Å². The normalized spacial score (nSPS) is 14.2. The highest BCUT2D eigenvalue weighted by Crippen LogP contribution is 2.34. The maximum atomic E-state index is 9.11. The molecule has 0 bridgehead atoms. The molecule has 6 nitrogen and oxygen atoms in total. The minimum absolute atomic E-state index is 0.225. The monoisotopic (exact) mass is 228 g/mol. The van der Waals surface area contributed by atoms with Gasteiger partial charge in [-0.05, 0) is 13.8 Å². The van der Waals surface area contributed by atoms with Gasteiger partial charge in [-0.2, -0.15) is 0 Å². The molecule has 0 saturated heterocycles. The maximum absolute atomic E-state index is 9.11. The molecule has 2 unspecified atom stereocenters. The molecule has 90 valence electrons. The second kappa shape index (κ2) is 4.91. The van der Waals surface area contributed by atoms with Crippen LogP contribution in [0.2, 0.25) is 0 Å². The first-order valence-corrected chi connectivity index (χ1v) is 4.78. The van der Waals surface area contributed by atoms with Crippen molar-refractivity contribution in [1.82, 2.24) is 0 Å². The van der Waals surface area contributed by atoms with Gasteiger partial charge in [0, 0.05) is 12.1 Å². The van der Waals surface area contributed by atoms with Crippen LogP contribution in [0.25, 0.3) is 0 Å². The Morgan fingerprint density at radius 3 is 1.50 bits per heavy atom. The number of aliphatic hydroxyl groups excluding tert-OH is 2. The molecule has 1 aromatic rings. The van der Waals surface area contributed by atoms with E-state index in [2.05, 4.69) is 0 Å². The first-order chi connectivity index (χ1) is 7.40. The van der Waals surface area contributed by atoms with Gasteiger partial charge < -0.3 is 31.2 Å². The van der Waals surface area contributed by atoms with E-state index in [1.54, 1.807) is 0 Å². The largest absolute Gasteiger partial charge is 0.461 e. The van der Waals surface area contributed by atoms with Gasteiger partial charge >= 0.3 is 0 Å². The van der Waals surface area contributed by atoms with Gasteiger partial charge in [-0.25, -0.2) is 0 Å². The molecule has 0 heterocycles. The van der Waals surface area contributed by atoms with Gasteiger partial charge in [-0.1, -0.05) is 0 Å². The van der Waals surface area contributed by atoms with Crippen molar-refractivity contribution in [2.45, 2.75) is 26.4 Å². The van der Waals surface area contributed by atoms with E-state index in [0.717, 1.165) is 0 Å².